The maximum absolute atomic E-state index is 11.6. The van der Waals surface area contributed by atoms with E-state index in [9.17, 15) is 14.4 Å². The molecule has 25 heavy (non-hydrogen) atoms. The van der Waals surface area contributed by atoms with Crippen LogP contribution >= 0.6 is 0 Å². The Labute approximate surface area is 154 Å². The van der Waals surface area contributed by atoms with Crippen molar-refractivity contribution in [3.8, 4) is 0 Å². The van der Waals surface area contributed by atoms with Crippen molar-refractivity contribution in [1.29, 1.82) is 0 Å². The summed E-state index contributed by atoms with van der Waals surface area (Å²) in [5, 5.41) is 0. The molecule has 0 bridgehead atoms. The highest BCUT2D eigenvalue weighted by Gasteiger charge is 2.38. The predicted molar refractivity (Wildman–Crippen MR) is 102 cm³/mol. The largest absolute Gasteiger partial charge is 0.468 e. The first-order valence-corrected chi connectivity index (χ1v) is 10.2. The summed E-state index contributed by atoms with van der Waals surface area (Å²) in [5.41, 5.74) is -1.59. The van der Waals surface area contributed by atoms with E-state index in [4.69, 9.17) is 0 Å². The Kier molecular flexibility index (Phi) is 15.5. The van der Waals surface area contributed by atoms with E-state index in [0.717, 1.165) is 12.8 Å². The minimum Gasteiger partial charge on any atom is -0.468 e. The molecule has 0 rings (SSSR count). The second-order valence-corrected chi connectivity index (χ2v) is 7.11. The quantitative estimate of drug-likeness (QED) is 0.143. The zero-order valence-corrected chi connectivity index (χ0v) is 16.4. The second kappa shape index (κ2) is 16.3. The molecule has 0 saturated carbocycles. The summed E-state index contributed by atoms with van der Waals surface area (Å²) in [5.74, 6) is -0.743. The Morgan fingerprint density at radius 1 is 0.720 bits per heavy atom. The third kappa shape index (κ3) is 11.1. The van der Waals surface area contributed by atoms with Gasteiger partial charge in [0.05, 0.1) is 7.11 Å². The van der Waals surface area contributed by atoms with Crippen molar-refractivity contribution in [3.05, 3.63) is 0 Å². The SMILES string of the molecule is CCCCCCCCCCCCCCCCC(C=O)(C=O)C(=O)OC. The van der Waals surface area contributed by atoms with E-state index in [1.165, 1.54) is 77.7 Å². The predicted octanol–water partition coefficient (Wildman–Crippen LogP) is 5.42. The van der Waals surface area contributed by atoms with Crippen LogP contribution in [0.25, 0.3) is 0 Å². The van der Waals surface area contributed by atoms with Gasteiger partial charge in [0.15, 0.2) is 5.41 Å². The highest BCUT2D eigenvalue weighted by molar-refractivity contribution is 6.08. The monoisotopic (exact) mass is 354 g/mol. The molecule has 0 aromatic carbocycles. The van der Waals surface area contributed by atoms with Crippen LogP contribution in [0, 0.1) is 5.41 Å². The van der Waals surface area contributed by atoms with Crippen LogP contribution in [0.1, 0.15) is 103 Å². The van der Waals surface area contributed by atoms with E-state index in [0.29, 0.717) is 19.0 Å². The normalized spacial score (nSPS) is 11.3. The number of ether oxygens (including phenoxy) is 1. The zero-order chi connectivity index (χ0) is 18.8. The lowest BCUT2D eigenvalue weighted by Crippen LogP contribution is -2.35. The van der Waals surface area contributed by atoms with Crippen LogP contribution in [-0.4, -0.2) is 25.7 Å². The number of aldehydes is 2. The number of hydrogen-bond acceptors (Lipinski definition) is 4. The molecule has 0 N–H and O–H groups in total. The zero-order valence-electron chi connectivity index (χ0n) is 16.4. The van der Waals surface area contributed by atoms with Crippen molar-refractivity contribution in [2.75, 3.05) is 7.11 Å². The van der Waals surface area contributed by atoms with Gasteiger partial charge in [-0.2, -0.15) is 0 Å². The molecule has 0 spiro atoms. The number of carbonyl (C=O) groups excluding carboxylic acids is 3. The Morgan fingerprint density at radius 3 is 1.40 bits per heavy atom. The molecule has 0 aliphatic carbocycles. The van der Waals surface area contributed by atoms with Crippen molar-refractivity contribution in [2.45, 2.75) is 103 Å². The molecule has 0 aromatic rings. The van der Waals surface area contributed by atoms with Gasteiger partial charge in [-0.1, -0.05) is 96.8 Å². The lowest BCUT2D eigenvalue weighted by atomic mass is 9.85. The number of carbonyl (C=O) groups is 3. The smallest absolute Gasteiger partial charge is 0.326 e. The third-order valence-corrected chi connectivity index (χ3v) is 4.93. The molecule has 0 aliphatic heterocycles. The lowest BCUT2D eigenvalue weighted by Gasteiger charge is -2.17. The first-order chi connectivity index (χ1) is 12.2. The summed E-state index contributed by atoms with van der Waals surface area (Å²) in [6.45, 7) is 2.25. The van der Waals surface area contributed by atoms with Gasteiger partial charge < -0.3 is 14.3 Å². The molecule has 0 fully saturated rings. The molecule has 0 aromatic heterocycles. The molecule has 0 atom stereocenters. The highest BCUT2D eigenvalue weighted by Crippen LogP contribution is 2.23. The number of methoxy groups -OCH3 is 1. The van der Waals surface area contributed by atoms with Gasteiger partial charge in [-0.25, -0.2) is 0 Å². The Hall–Kier alpha value is -1.19. The highest BCUT2D eigenvalue weighted by atomic mass is 16.5. The van der Waals surface area contributed by atoms with Gasteiger partial charge >= 0.3 is 5.97 Å². The number of unbranched alkanes of at least 4 members (excludes halogenated alkanes) is 13. The van der Waals surface area contributed by atoms with Crippen molar-refractivity contribution >= 4 is 18.5 Å². The van der Waals surface area contributed by atoms with Crippen molar-refractivity contribution < 1.29 is 19.1 Å². The maximum atomic E-state index is 11.6. The van der Waals surface area contributed by atoms with Crippen LogP contribution in [0.5, 0.6) is 0 Å². The van der Waals surface area contributed by atoms with Gasteiger partial charge in [0.1, 0.15) is 12.6 Å². The third-order valence-electron chi connectivity index (χ3n) is 4.93. The van der Waals surface area contributed by atoms with E-state index >= 15 is 0 Å². The summed E-state index contributed by atoms with van der Waals surface area (Å²) in [4.78, 5) is 33.8. The van der Waals surface area contributed by atoms with E-state index in [-0.39, 0.29) is 6.42 Å². The Balaban J connectivity index is 3.50. The topological polar surface area (TPSA) is 60.4 Å². The van der Waals surface area contributed by atoms with Crippen LogP contribution in [0.2, 0.25) is 0 Å². The minimum atomic E-state index is -1.59. The number of esters is 1. The van der Waals surface area contributed by atoms with Gasteiger partial charge in [-0.15, -0.1) is 0 Å². The standard InChI is InChI=1S/C21H38O4/c1-3-4-5-6-7-8-9-10-11-12-13-14-15-16-17-21(18-22,19-23)20(24)25-2/h18-19H,3-17H2,1-2H3. The molecule has 0 unspecified atom stereocenters. The molecular weight excluding hydrogens is 316 g/mol. The van der Waals surface area contributed by atoms with E-state index in [1.807, 2.05) is 0 Å². The minimum absolute atomic E-state index is 0.255. The van der Waals surface area contributed by atoms with E-state index in [2.05, 4.69) is 11.7 Å². The van der Waals surface area contributed by atoms with Crippen LogP contribution in [-0.2, 0) is 19.1 Å². The first-order valence-electron chi connectivity index (χ1n) is 10.2. The Bertz CT molecular complexity index is 344. The molecule has 0 saturated heterocycles. The maximum Gasteiger partial charge on any atom is 0.326 e. The molecule has 0 heterocycles. The van der Waals surface area contributed by atoms with Crippen molar-refractivity contribution in [2.24, 2.45) is 5.41 Å². The molecule has 0 radical (unpaired) electrons. The summed E-state index contributed by atoms with van der Waals surface area (Å²) < 4.78 is 4.57. The van der Waals surface area contributed by atoms with Gasteiger partial charge in [0.25, 0.3) is 0 Å². The van der Waals surface area contributed by atoms with Gasteiger partial charge in [0.2, 0.25) is 0 Å². The summed E-state index contributed by atoms with van der Waals surface area (Å²) in [6.07, 6.45) is 18.5. The molecular formula is C21H38O4. The first kappa shape index (κ1) is 23.8. The fourth-order valence-corrected chi connectivity index (χ4v) is 3.15. The number of rotatable bonds is 18. The molecule has 0 aliphatic rings. The second-order valence-electron chi connectivity index (χ2n) is 7.11. The summed E-state index contributed by atoms with van der Waals surface area (Å²) in [7, 11) is 1.20. The van der Waals surface area contributed by atoms with Crippen molar-refractivity contribution in [3.63, 3.8) is 0 Å². The average molecular weight is 355 g/mol. The van der Waals surface area contributed by atoms with Gasteiger partial charge in [-0.05, 0) is 6.42 Å². The molecule has 4 heteroatoms. The number of hydrogen-bond donors (Lipinski definition) is 0. The molecule has 4 nitrogen and oxygen atoms in total. The van der Waals surface area contributed by atoms with E-state index < -0.39 is 11.4 Å². The van der Waals surface area contributed by atoms with Gasteiger partial charge in [0, 0.05) is 0 Å². The fraction of sp³-hybridized carbons (Fsp3) is 0.857. The van der Waals surface area contributed by atoms with E-state index in [1.54, 1.807) is 0 Å². The summed E-state index contributed by atoms with van der Waals surface area (Å²) >= 11 is 0. The molecule has 0 amide bonds. The molecule has 146 valence electrons. The van der Waals surface area contributed by atoms with Crippen LogP contribution in [0.4, 0.5) is 0 Å². The van der Waals surface area contributed by atoms with Crippen LogP contribution < -0.4 is 0 Å². The van der Waals surface area contributed by atoms with Crippen molar-refractivity contribution in [1.82, 2.24) is 0 Å². The fourth-order valence-electron chi connectivity index (χ4n) is 3.15. The lowest BCUT2D eigenvalue weighted by molar-refractivity contribution is -0.156. The average Bonchev–Trinajstić information content (AvgIpc) is 2.65. The van der Waals surface area contributed by atoms with Crippen LogP contribution in [0.3, 0.4) is 0 Å². The summed E-state index contributed by atoms with van der Waals surface area (Å²) in [6, 6.07) is 0. The van der Waals surface area contributed by atoms with Crippen LogP contribution in [0.15, 0.2) is 0 Å². The Morgan fingerprint density at radius 2 is 1.08 bits per heavy atom. The van der Waals surface area contributed by atoms with Gasteiger partial charge in [-0.3, -0.25) is 4.79 Å².